The highest BCUT2D eigenvalue weighted by molar-refractivity contribution is 7.89. The van der Waals surface area contributed by atoms with E-state index in [-0.39, 0.29) is 16.5 Å². The lowest BCUT2D eigenvalue weighted by Crippen LogP contribution is -2.51. The maximum absolute atomic E-state index is 12.5. The van der Waals surface area contributed by atoms with E-state index in [1.807, 2.05) is 6.07 Å². The van der Waals surface area contributed by atoms with Crippen LogP contribution in [0.5, 0.6) is 0 Å². The van der Waals surface area contributed by atoms with Gasteiger partial charge in [0.2, 0.25) is 10.0 Å². The molecule has 1 aliphatic rings. The normalized spacial score (nSPS) is 17.8. The van der Waals surface area contributed by atoms with Crippen molar-refractivity contribution in [3.8, 4) is 6.07 Å². The SMILES string of the molecule is CC(C)C(CNS(=O)(=O)c1ccccc1C#N)N1CCOCC1. The van der Waals surface area contributed by atoms with Crippen LogP contribution in [0.15, 0.2) is 29.2 Å². The van der Waals surface area contributed by atoms with Crippen LogP contribution in [0.4, 0.5) is 0 Å². The number of sulfonamides is 1. The molecule has 6 nitrogen and oxygen atoms in total. The first-order valence-electron chi connectivity index (χ1n) is 7.76. The second kappa shape index (κ2) is 7.88. The molecule has 1 aromatic carbocycles. The average Bonchev–Trinajstić information content (AvgIpc) is 2.55. The van der Waals surface area contributed by atoms with Crippen LogP contribution in [0.2, 0.25) is 0 Å². The molecule has 1 atom stereocenters. The van der Waals surface area contributed by atoms with Gasteiger partial charge in [-0.15, -0.1) is 0 Å². The summed E-state index contributed by atoms with van der Waals surface area (Å²) in [6.07, 6.45) is 0. The third-order valence-electron chi connectivity index (χ3n) is 4.06. The van der Waals surface area contributed by atoms with E-state index in [4.69, 9.17) is 10.00 Å². The fourth-order valence-corrected chi connectivity index (χ4v) is 3.97. The van der Waals surface area contributed by atoms with Gasteiger partial charge in [-0.1, -0.05) is 26.0 Å². The fraction of sp³-hybridized carbons (Fsp3) is 0.562. The summed E-state index contributed by atoms with van der Waals surface area (Å²) in [4.78, 5) is 2.29. The first-order chi connectivity index (χ1) is 11.0. The highest BCUT2D eigenvalue weighted by Gasteiger charge is 2.26. The van der Waals surface area contributed by atoms with E-state index in [9.17, 15) is 8.42 Å². The molecule has 2 rings (SSSR count). The molecule has 0 radical (unpaired) electrons. The van der Waals surface area contributed by atoms with Crippen molar-refractivity contribution in [2.24, 2.45) is 5.92 Å². The molecule has 0 bridgehead atoms. The monoisotopic (exact) mass is 337 g/mol. The van der Waals surface area contributed by atoms with E-state index in [2.05, 4.69) is 23.5 Å². The Kier molecular flexibility index (Phi) is 6.13. The van der Waals surface area contributed by atoms with Crippen molar-refractivity contribution in [3.05, 3.63) is 29.8 Å². The molecule has 23 heavy (non-hydrogen) atoms. The third kappa shape index (κ3) is 4.52. The Morgan fingerprint density at radius 2 is 1.96 bits per heavy atom. The quantitative estimate of drug-likeness (QED) is 0.843. The van der Waals surface area contributed by atoms with Gasteiger partial charge in [0.25, 0.3) is 0 Å². The molecule has 0 aliphatic carbocycles. The summed E-state index contributed by atoms with van der Waals surface area (Å²) < 4.78 is 33.1. The minimum atomic E-state index is -3.70. The van der Waals surface area contributed by atoms with E-state index in [1.165, 1.54) is 12.1 Å². The molecule has 0 saturated carbocycles. The molecule has 1 heterocycles. The number of morpholine rings is 1. The van der Waals surface area contributed by atoms with Crippen LogP contribution in [0, 0.1) is 17.2 Å². The molecule has 1 saturated heterocycles. The number of ether oxygens (including phenoxy) is 1. The summed E-state index contributed by atoms with van der Waals surface area (Å²) in [6.45, 7) is 7.44. The van der Waals surface area contributed by atoms with Gasteiger partial charge in [-0.2, -0.15) is 5.26 Å². The Labute approximate surface area is 138 Å². The van der Waals surface area contributed by atoms with Crippen LogP contribution < -0.4 is 4.72 Å². The lowest BCUT2D eigenvalue weighted by atomic mass is 10.0. The first-order valence-corrected chi connectivity index (χ1v) is 9.24. The van der Waals surface area contributed by atoms with Gasteiger partial charge >= 0.3 is 0 Å². The second-order valence-corrected chi connectivity index (χ2v) is 7.65. The molecular weight excluding hydrogens is 314 g/mol. The maximum Gasteiger partial charge on any atom is 0.241 e. The zero-order valence-electron chi connectivity index (χ0n) is 13.5. The number of nitriles is 1. The predicted octanol–water partition coefficient (Wildman–Crippen LogP) is 1.19. The molecule has 1 fully saturated rings. The molecule has 1 aromatic rings. The molecule has 7 heteroatoms. The van der Waals surface area contributed by atoms with Gasteiger partial charge in [-0.3, -0.25) is 4.90 Å². The minimum Gasteiger partial charge on any atom is -0.379 e. The fourth-order valence-electron chi connectivity index (χ4n) is 2.76. The largest absolute Gasteiger partial charge is 0.379 e. The zero-order chi connectivity index (χ0) is 16.9. The van der Waals surface area contributed by atoms with E-state index < -0.39 is 10.0 Å². The van der Waals surface area contributed by atoms with Gasteiger partial charge in [0.05, 0.1) is 23.7 Å². The van der Waals surface area contributed by atoms with E-state index in [0.29, 0.717) is 25.7 Å². The zero-order valence-corrected chi connectivity index (χ0v) is 14.3. The topological polar surface area (TPSA) is 82.4 Å². The van der Waals surface area contributed by atoms with Crippen LogP contribution >= 0.6 is 0 Å². The Hall–Kier alpha value is -1.46. The van der Waals surface area contributed by atoms with Gasteiger partial charge in [0.1, 0.15) is 6.07 Å². The van der Waals surface area contributed by atoms with Gasteiger partial charge in [0, 0.05) is 25.7 Å². The Bertz CT molecular complexity index is 661. The van der Waals surface area contributed by atoms with E-state index >= 15 is 0 Å². The summed E-state index contributed by atoms with van der Waals surface area (Å²) in [5.41, 5.74) is 0.160. The molecule has 0 amide bonds. The summed E-state index contributed by atoms with van der Waals surface area (Å²) in [5, 5.41) is 9.09. The van der Waals surface area contributed by atoms with Crippen molar-refractivity contribution < 1.29 is 13.2 Å². The number of hydrogen-bond donors (Lipinski definition) is 1. The second-order valence-electron chi connectivity index (χ2n) is 5.92. The summed E-state index contributed by atoms with van der Waals surface area (Å²) >= 11 is 0. The predicted molar refractivity (Wildman–Crippen MR) is 87.4 cm³/mol. The average molecular weight is 337 g/mol. The van der Waals surface area contributed by atoms with E-state index in [1.54, 1.807) is 12.1 Å². The Balaban J connectivity index is 2.11. The van der Waals surface area contributed by atoms with Crippen molar-refractivity contribution in [1.82, 2.24) is 9.62 Å². The highest BCUT2D eigenvalue weighted by atomic mass is 32.2. The number of nitrogens with one attached hydrogen (secondary N) is 1. The van der Waals surface area contributed by atoms with Crippen molar-refractivity contribution in [1.29, 1.82) is 5.26 Å². The number of nitrogens with zero attached hydrogens (tertiary/aromatic N) is 2. The van der Waals surface area contributed by atoms with E-state index in [0.717, 1.165) is 13.1 Å². The van der Waals surface area contributed by atoms with Crippen LogP contribution in [0.25, 0.3) is 0 Å². The lowest BCUT2D eigenvalue weighted by molar-refractivity contribution is 0.00776. The van der Waals surface area contributed by atoms with Crippen molar-refractivity contribution in [2.75, 3.05) is 32.8 Å². The standard InChI is InChI=1S/C16H23N3O3S/c1-13(2)15(19-7-9-22-10-8-19)12-18-23(20,21)16-6-4-3-5-14(16)11-17/h3-6,13,15,18H,7-10,12H2,1-2H3. The van der Waals surface area contributed by atoms with Crippen molar-refractivity contribution in [2.45, 2.75) is 24.8 Å². The summed E-state index contributed by atoms with van der Waals surface area (Å²) in [5.74, 6) is 0.307. The maximum atomic E-state index is 12.5. The van der Waals surface area contributed by atoms with Crippen LogP contribution in [0.1, 0.15) is 19.4 Å². The van der Waals surface area contributed by atoms with Gasteiger partial charge < -0.3 is 4.74 Å². The smallest absolute Gasteiger partial charge is 0.241 e. The minimum absolute atomic E-state index is 0.0342. The van der Waals surface area contributed by atoms with Crippen LogP contribution in [0.3, 0.4) is 0 Å². The first kappa shape index (κ1) is 17.9. The van der Waals surface area contributed by atoms with Crippen LogP contribution in [-0.2, 0) is 14.8 Å². The van der Waals surface area contributed by atoms with Gasteiger partial charge in [-0.25, -0.2) is 13.1 Å². The molecule has 1 aliphatic heterocycles. The highest BCUT2D eigenvalue weighted by Crippen LogP contribution is 2.16. The molecule has 0 spiro atoms. The molecule has 1 N–H and O–H groups in total. The number of benzene rings is 1. The van der Waals surface area contributed by atoms with Crippen molar-refractivity contribution >= 4 is 10.0 Å². The van der Waals surface area contributed by atoms with Gasteiger partial charge in [0.15, 0.2) is 0 Å². The molecule has 0 aromatic heterocycles. The van der Waals surface area contributed by atoms with Crippen molar-refractivity contribution in [3.63, 3.8) is 0 Å². The molecular formula is C16H23N3O3S. The third-order valence-corrected chi connectivity index (χ3v) is 5.55. The molecule has 126 valence electrons. The number of hydrogen-bond acceptors (Lipinski definition) is 5. The summed E-state index contributed by atoms with van der Waals surface area (Å²) in [7, 11) is -3.70. The Morgan fingerprint density at radius 1 is 1.30 bits per heavy atom. The Morgan fingerprint density at radius 3 is 2.57 bits per heavy atom. The molecule has 1 unspecified atom stereocenters. The van der Waals surface area contributed by atoms with Gasteiger partial charge in [-0.05, 0) is 18.1 Å². The summed E-state index contributed by atoms with van der Waals surface area (Å²) in [6, 6.07) is 8.28. The lowest BCUT2D eigenvalue weighted by Gasteiger charge is -2.36. The number of rotatable bonds is 6. The van der Waals surface area contributed by atoms with Crippen LogP contribution in [-0.4, -0.2) is 52.2 Å².